The maximum absolute atomic E-state index is 11.1. The zero-order valence-electron chi connectivity index (χ0n) is 11.5. The van der Waals surface area contributed by atoms with Crippen molar-refractivity contribution in [3.63, 3.8) is 0 Å². The fraction of sp³-hybridized carbons (Fsp3) is 0.733. The Morgan fingerprint density at radius 2 is 1.83 bits per heavy atom. The fourth-order valence-electron chi connectivity index (χ4n) is 2.21. The van der Waals surface area contributed by atoms with E-state index in [1.165, 1.54) is 12.8 Å². The molecule has 1 fully saturated rings. The predicted octanol–water partition coefficient (Wildman–Crippen LogP) is 3.28. The van der Waals surface area contributed by atoms with E-state index in [0.717, 1.165) is 25.7 Å². The van der Waals surface area contributed by atoms with Crippen molar-refractivity contribution in [2.75, 3.05) is 6.61 Å². The van der Waals surface area contributed by atoms with Gasteiger partial charge in [-0.1, -0.05) is 25.8 Å². The van der Waals surface area contributed by atoms with Crippen molar-refractivity contribution < 1.29 is 14.3 Å². The first kappa shape index (κ1) is 14.9. The summed E-state index contributed by atoms with van der Waals surface area (Å²) in [6, 6.07) is 0. The lowest BCUT2D eigenvalue weighted by molar-refractivity contribution is -0.139. The molecule has 0 bridgehead atoms. The summed E-state index contributed by atoms with van der Waals surface area (Å²) in [6.45, 7) is 7.37. The summed E-state index contributed by atoms with van der Waals surface area (Å²) in [4.78, 5) is 22.1. The fourth-order valence-corrected chi connectivity index (χ4v) is 2.21. The number of ether oxygens (including phenoxy) is 1. The number of esters is 1. The number of carbonyl (C=O) groups excluding carboxylic acids is 2. The molecule has 0 amide bonds. The minimum Gasteiger partial charge on any atom is -0.462 e. The zero-order valence-corrected chi connectivity index (χ0v) is 11.5. The molecular formula is C15H24O3. The van der Waals surface area contributed by atoms with E-state index >= 15 is 0 Å². The summed E-state index contributed by atoms with van der Waals surface area (Å²) in [7, 11) is 0. The quantitative estimate of drug-likeness (QED) is 0.359. The van der Waals surface area contributed by atoms with E-state index in [4.69, 9.17) is 4.74 Å². The number of hydrogen-bond donors (Lipinski definition) is 0. The van der Waals surface area contributed by atoms with Gasteiger partial charge in [-0.25, -0.2) is 4.79 Å². The van der Waals surface area contributed by atoms with E-state index in [1.807, 2.05) is 0 Å². The molecule has 0 aromatic carbocycles. The number of Topliss-reactive ketones (excluding diaryl/α,β-unsaturated/α-hetero) is 1. The molecule has 18 heavy (non-hydrogen) atoms. The van der Waals surface area contributed by atoms with Crippen LogP contribution in [0.4, 0.5) is 0 Å². The molecule has 2 atom stereocenters. The van der Waals surface area contributed by atoms with Gasteiger partial charge in [0, 0.05) is 11.5 Å². The van der Waals surface area contributed by atoms with E-state index in [1.54, 1.807) is 13.8 Å². The summed E-state index contributed by atoms with van der Waals surface area (Å²) in [6.07, 6.45) is 6.62. The minimum atomic E-state index is -0.294. The molecule has 0 saturated heterocycles. The van der Waals surface area contributed by atoms with Crippen LogP contribution < -0.4 is 0 Å². The smallest absolute Gasteiger partial charge is 0.333 e. The molecule has 102 valence electrons. The highest BCUT2D eigenvalue weighted by Gasteiger charge is 2.39. The standard InChI is InChI=1S/C15H24O3/c1-11(2)15(17)18-9-7-5-4-6-8-13-10-14(13)12(3)16/h13-14H,1,4-10H2,2-3H3/t13?,14-/m1/s1. The Bertz CT molecular complexity index is 320. The predicted molar refractivity (Wildman–Crippen MR) is 71.1 cm³/mol. The third-order valence-corrected chi connectivity index (χ3v) is 3.50. The summed E-state index contributed by atoms with van der Waals surface area (Å²) in [5.74, 6) is 1.08. The topological polar surface area (TPSA) is 43.4 Å². The summed E-state index contributed by atoms with van der Waals surface area (Å²) in [5, 5.41) is 0. The first-order valence-electron chi connectivity index (χ1n) is 6.85. The number of ketones is 1. The summed E-state index contributed by atoms with van der Waals surface area (Å²) >= 11 is 0. The van der Waals surface area contributed by atoms with Gasteiger partial charge in [-0.3, -0.25) is 4.79 Å². The van der Waals surface area contributed by atoms with Crippen LogP contribution in [0.15, 0.2) is 12.2 Å². The van der Waals surface area contributed by atoms with E-state index in [2.05, 4.69) is 6.58 Å². The van der Waals surface area contributed by atoms with Crippen molar-refractivity contribution in [2.24, 2.45) is 11.8 Å². The Hall–Kier alpha value is -1.12. The van der Waals surface area contributed by atoms with Crippen molar-refractivity contribution in [3.05, 3.63) is 12.2 Å². The Morgan fingerprint density at radius 1 is 1.17 bits per heavy atom. The van der Waals surface area contributed by atoms with Crippen LogP contribution in [0.25, 0.3) is 0 Å². The Balaban J connectivity index is 1.87. The highest BCUT2D eigenvalue weighted by Crippen LogP contribution is 2.42. The first-order valence-corrected chi connectivity index (χ1v) is 6.85. The maximum Gasteiger partial charge on any atom is 0.333 e. The molecule has 1 unspecified atom stereocenters. The molecule has 1 aliphatic rings. The largest absolute Gasteiger partial charge is 0.462 e. The average Bonchev–Trinajstić information content (AvgIpc) is 3.07. The molecule has 0 aromatic rings. The van der Waals surface area contributed by atoms with Crippen LogP contribution in [0.1, 0.15) is 52.4 Å². The normalized spacial score (nSPS) is 21.4. The molecular weight excluding hydrogens is 228 g/mol. The number of rotatable bonds is 9. The van der Waals surface area contributed by atoms with Gasteiger partial charge < -0.3 is 4.74 Å². The molecule has 1 saturated carbocycles. The Labute approximate surface area is 110 Å². The average molecular weight is 252 g/mol. The van der Waals surface area contributed by atoms with Gasteiger partial charge in [0.15, 0.2) is 0 Å². The summed E-state index contributed by atoms with van der Waals surface area (Å²) in [5.41, 5.74) is 0.457. The molecule has 0 aromatic heterocycles. The zero-order chi connectivity index (χ0) is 13.5. The van der Waals surface area contributed by atoms with Crippen molar-refractivity contribution in [3.8, 4) is 0 Å². The van der Waals surface area contributed by atoms with Crippen LogP contribution in [0.5, 0.6) is 0 Å². The van der Waals surface area contributed by atoms with Crippen molar-refractivity contribution in [1.29, 1.82) is 0 Å². The van der Waals surface area contributed by atoms with Gasteiger partial charge in [0.1, 0.15) is 5.78 Å². The van der Waals surface area contributed by atoms with Crippen LogP contribution in [0, 0.1) is 11.8 Å². The second-order valence-corrected chi connectivity index (χ2v) is 5.33. The van der Waals surface area contributed by atoms with Crippen molar-refractivity contribution >= 4 is 11.8 Å². The van der Waals surface area contributed by atoms with E-state index < -0.39 is 0 Å². The second-order valence-electron chi connectivity index (χ2n) is 5.33. The van der Waals surface area contributed by atoms with Crippen LogP contribution in [-0.4, -0.2) is 18.4 Å². The third-order valence-electron chi connectivity index (χ3n) is 3.50. The van der Waals surface area contributed by atoms with Crippen LogP contribution in [-0.2, 0) is 14.3 Å². The molecule has 0 N–H and O–H groups in total. The first-order chi connectivity index (χ1) is 8.52. The van der Waals surface area contributed by atoms with Gasteiger partial charge in [0.25, 0.3) is 0 Å². The molecule has 0 aliphatic heterocycles. The molecule has 3 nitrogen and oxygen atoms in total. The SMILES string of the molecule is C=C(C)C(=O)OCCCCCCC1C[C@@H]1C(C)=O. The minimum absolute atomic E-state index is 0.294. The highest BCUT2D eigenvalue weighted by molar-refractivity contribution is 5.86. The summed E-state index contributed by atoms with van der Waals surface area (Å²) < 4.78 is 5.01. The highest BCUT2D eigenvalue weighted by atomic mass is 16.5. The molecule has 1 rings (SSSR count). The molecule has 1 aliphatic carbocycles. The van der Waals surface area contributed by atoms with Gasteiger partial charge in [-0.05, 0) is 39.0 Å². The van der Waals surface area contributed by atoms with E-state index in [0.29, 0.717) is 29.8 Å². The van der Waals surface area contributed by atoms with E-state index in [-0.39, 0.29) is 5.97 Å². The Morgan fingerprint density at radius 3 is 2.39 bits per heavy atom. The van der Waals surface area contributed by atoms with E-state index in [9.17, 15) is 9.59 Å². The second kappa shape index (κ2) is 7.34. The molecule has 0 radical (unpaired) electrons. The lowest BCUT2D eigenvalue weighted by Gasteiger charge is -2.04. The van der Waals surface area contributed by atoms with Gasteiger partial charge in [-0.2, -0.15) is 0 Å². The van der Waals surface area contributed by atoms with Crippen LogP contribution in [0.2, 0.25) is 0 Å². The molecule has 3 heteroatoms. The van der Waals surface area contributed by atoms with Crippen molar-refractivity contribution in [1.82, 2.24) is 0 Å². The van der Waals surface area contributed by atoms with Gasteiger partial charge >= 0.3 is 5.97 Å². The lowest BCUT2D eigenvalue weighted by Crippen LogP contribution is -2.06. The van der Waals surface area contributed by atoms with Crippen LogP contribution >= 0.6 is 0 Å². The maximum atomic E-state index is 11.1. The molecule has 0 heterocycles. The monoisotopic (exact) mass is 252 g/mol. The number of hydrogen-bond acceptors (Lipinski definition) is 3. The van der Waals surface area contributed by atoms with Gasteiger partial charge in [-0.15, -0.1) is 0 Å². The number of unbranched alkanes of at least 4 members (excludes halogenated alkanes) is 3. The lowest BCUT2D eigenvalue weighted by atomic mass is 10.1. The third kappa shape index (κ3) is 5.48. The van der Waals surface area contributed by atoms with Crippen molar-refractivity contribution in [2.45, 2.75) is 52.4 Å². The van der Waals surface area contributed by atoms with Gasteiger partial charge in [0.2, 0.25) is 0 Å². The van der Waals surface area contributed by atoms with Gasteiger partial charge in [0.05, 0.1) is 6.61 Å². The molecule has 0 spiro atoms. The van der Waals surface area contributed by atoms with Crippen LogP contribution in [0.3, 0.4) is 0 Å². The number of carbonyl (C=O) groups is 2. The Kier molecular flexibility index (Phi) is 6.10.